The van der Waals surface area contributed by atoms with Gasteiger partial charge < -0.3 is 9.15 Å². The van der Waals surface area contributed by atoms with Crippen LogP contribution in [0.2, 0.25) is 5.02 Å². The number of rotatable bonds is 6. The van der Waals surface area contributed by atoms with E-state index < -0.39 is 0 Å². The molecule has 6 nitrogen and oxygen atoms in total. The number of nitrogens with one attached hydrogen (secondary N) is 1. The first kappa shape index (κ1) is 19.4. The standard InChI is InChI=1S/C21H17ClN2O4/c1-2-27-21(26)16-5-3-14(4-6-16)19-12-11-18(28-19)13-23-24-20(25)15-7-9-17(22)10-8-15/h3-13H,2H2,1H3,(H,24,25)/b23-13+. The molecule has 0 atom stereocenters. The van der Waals surface area contributed by atoms with Gasteiger partial charge in [-0.2, -0.15) is 5.10 Å². The molecular formula is C21H17ClN2O4. The maximum atomic E-state index is 12.0. The molecule has 1 N–H and O–H groups in total. The van der Waals surface area contributed by atoms with E-state index in [-0.39, 0.29) is 11.9 Å². The van der Waals surface area contributed by atoms with Gasteiger partial charge in [0.1, 0.15) is 11.5 Å². The highest BCUT2D eigenvalue weighted by Crippen LogP contribution is 2.22. The molecule has 2 aromatic carbocycles. The van der Waals surface area contributed by atoms with Crippen molar-refractivity contribution >= 4 is 29.7 Å². The first-order chi connectivity index (χ1) is 13.6. The molecule has 0 aliphatic heterocycles. The molecule has 0 radical (unpaired) electrons. The van der Waals surface area contributed by atoms with E-state index in [1.165, 1.54) is 6.21 Å². The molecule has 1 amide bonds. The van der Waals surface area contributed by atoms with E-state index in [0.29, 0.717) is 34.3 Å². The Kier molecular flexibility index (Phi) is 6.24. The summed E-state index contributed by atoms with van der Waals surface area (Å²) in [6, 6.07) is 16.9. The second-order valence-electron chi connectivity index (χ2n) is 5.71. The second-order valence-corrected chi connectivity index (χ2v) is 6.14. The molecule has 0 aliphatic carbocycles. The summed E-state index contributed by atoms with van der Waals surface area (Å²) in [5.74, 6) is 0.369. The minimum absolute atomic E-state index is 0.329. The summed E-state index contributed by atoms with van der Waals surface area (Å²) in [6.45, 7) is 2.09. The number of ether oxygens (including phenoxy) is 1. The van der Waals surface area contributed by atoms with Crippen molar-refractivity contribution in [2.24, 2.45) is 5.10 Å². The first-order valence-corrected chi connectivity index (χ1v) is 8.91. The van der Waals surface area contributed by atoms with Crippen LogP contribution in [0.15, 0.2) is 70.2 Å². The predicted molar refractivity (Wildman–Crippen MR) is 107 cm³/mol. The van der Waals surface area contributed by atoms with Crippen LogP contribution in [0.3, 0.4) is 0 Å². The van der Waals surface area contributed by atoms with Crippen LogP contribution in [-0.4, -0.2) is 24.7 Å². The fraction of sp³-hybridized carbons (Fsp3) is 0.0952. The largest absolute Gasteiger partial charge is 0.462 e. The van der Waals surface area contributed by atoms with Gasteiger partial charge in [-0.15, -0.1) is 0 Å². The zero-order valence-corrected chi connectivity index (χ0v) is 15.8. The summed E-state index contributed by atoms with van der Waals surface area (Å²) in [7, 11) is 0. The summed E-state index contributed by atoms with van der Waals surface area (Å²) >= 11 is 5.80. The number of nitrogens with zero attached hydrogens (tertiary/aromatic N) is 1. The number of esters is 1. The second kappa shape index (κ2) is 9.01. The molecule has 142 valence electrons. The monoisotopic (exact) mass is 396 g/mol. The summed E-state index contributed by atoms with van der Waals surface area (Å²) in [5, 5.41) is 4.45. The Morgan fingerprint density at radius 1 is 1.04 bits per heavy atom. The SMILES string of the molecule is CCOC(=O)c1ccc(-c2ccc(/C=N/NC(=O)c3ccc(Cl)cc3)o2)cc1. The lowest BCUT2D eigenvalue weighted by Crippen LogP contribution is -2.17. The third kappa shape index (κ3) is 4.86. The zero-order chi connectivity index (χ0) is 19.9. The van der Waals surface area contributed by atoms with Crippen molar-refractivity contribution in [2.75, 3.05) is 6.61 Å². The highest BCUT2D eigenvalue weighted by Gasteiger charge is 2.08. The van der Waals surface area contributed by atoms with E-state index in [9.17, 15) is 9.59 Å². The van der Waals surface area contributed by atoms with Crippen LogP contribution in [0.4, 0.5) is 0 Å². The Bertz CT molecular complexity index is 992. The van der Waals surface area contributed by atoms with Gasteiger partial charge in [-0.25, -0.2) is 10.2 Å². The Morgan fingerprint density at radius 3 is 2.39 bits per heavy atom. The number of carbonyl (C=O) groups excluding carboxylic acids is 2. The summed E-state index contributed by atoms with van der Waals surface area (Å²) in [4.78, 5) is 23.7. The molecule has 3 aromatic rings. The smallest absolute Gasteiger partial charge is 0.338 e. The summed E-state index contributed by atoms with van der Waals surface area (Å²) < 4.78 is 10.6. The summed E-state index contributed by atoms with van der Waals surface area (Å²) in [6.07, 6.45) is 1.41. The first-order valence-electron chi connectivity index (χ1n) is 8.53. The molecule has 7 heteroatoms. The van der Waals surface area contributed by atoms with Gasteiger partial charge in [-0.1, -0.05) is 23.7 Å². The van der Waals surface area contributed by atoms with Gasteiger partial charge in [0, 0.05) is 16.1 Å². The lowest BCUT2D eigenvalue weighted by Gasteiger charge is -2.02. The molecule has 0 saturated heterocycles. The maximum absolute atomic E-state index is 12.0. The van der Waals surface area contributed by atoms with Gasteiger partial charge in [0.2, 0.25) is 0 Å². The molecule has 0 spiro atoms. The van der Waals surface area contributed by atoms with E-state index in [1.807, 2.05) is 0 Å². The molecule has 0 bridgehead atoms. The fourth-order valence-corrected chi connectivity index (χ4v) is 2.51. The molecule has 0 fully saturated rings. The molecular weight excluding hydrogens is 380 g/mol. The van der Waals surface area contributed by atoms with Crippen LogP contribution in [0.5, 0.6) is 0 Å². The van der Waals surface area contributed by atoms with Gasteiger partial charge >= 0.3 is 5.97 Å². The number of carbonyl (C=O) groups is 2. The third-order valence-electron chi connectivity index (χ3n) is 3.77. The number of halogens is 1. The number of hydrogen-bond donors (Lipinski definition) is 1. The van der Waals surface area contributed by atoms with E-state index in [4.69, 9.17) is 20.8 Å². The summed E-state index contributed by atoms with van der Waals surface area (Å²) in [5.41, 5.74) is 4.15. The molecule has 1 aromatic heterocycles. The van der Waals surface area contributed by atoms with Crippen LogP contribution in [0.1, 0.15) is 33.4 Å². The average Bonchev–Trinajstić information content (AvgIpc) is 3.17. The Balaban J connectivity index is 1.62. The van der Waals surface area contributed by atoms with Crippen molar-refractivity contribution in [3.63, 3.8) is 0 Å². The van der Waals surface area contributed by atoms with E-state index >= 15 is 0 Å². The zero-order valence-electron chi connectivity index (χ0n) is 15.0. The number of furan rings is 1. The number of hydrazone groups is 1. The lowest BCUT2D eigenvalue weighted by molar-refractivity contribution is 0.0526. The van der Waals surface area contributed by atoms with Crippen LogP contribution in [0.25, 0.3) is 11.3 Å². The molecule has 0 unspecified atom stereocenters. The molecule has 28 heavy (non-hydrogen) atoms. The van der Waals surface area contributed by atoms with E-state index in [2.05, 4.69) is 10.5 Å². The van der Waals surface area contributed by atoms with E-state index in [0.717, 1.165) is 5.56 Å². The van der Waals surface area contributed by atoms with Gasteiger partial charge in [-0.3, -0.25) is 4.79 Å². The maximum Gasteiger partial charge on any atom is 0.338 e. The van der Waals surface area contributed by atoms with Gasteiger partial charge in [0.25, 0.3) is 5.91 Å². The predicted octanol–water partition coefficient (Wildman–Crippen LogP) is 4.54. The Hall–Kier alpha value is -3.38. The molecule has 0 aliphatic rings. The van der Waals surface area contributed by atoms with Crippen LogP contribution < -0.4 is 5.43 Å². The minimum Gasteiger partial charge on any atom is -0.462 e. The van der Waals surface area contributed by atoms with Gasteiger partial charge in [0.15, 0.2) is 0 Å². The topological polar surface area (TPSA) is 80.9 Å². The minimum atomic E-state index is -0.363. The molecule has 3 rings (SSSR count). The normalized spacial score (nSPS) is 10.8. The number of hydrogen-bond acceptors (Lipinski definition) is 5. The Labute approximate surface area is 166 Å². The van der Waals surface area contributed by atoms with Crippen LogP contribution in [-0.2, 0) is 4.74 Å². The molecule has 0 saturated carbocycles. The van der Waals surface area contributed by atoms with Gasteiger partial charge in [0.05, 0.1) is 18.4 Å². The quantitative estimate of drug-likeness (QED) is 0.377. The fourth-order valence-electron chi connectivity index (χ4n) is 2.38. The van der Waals surface area contributed by atoms with Crippen molar-refractivity contribution < 1.29 is 18.7 Å². The third-order valence-corrected chi connectivity index (χ3v) is 4.02. The van der Waals surface area contributed by atoms with Crippen LogP contribution >= 0.6 is 11.6 Å². The van der Waals surface area contributed by atoms with Crippen molar-refractivity contribution in [3.8, 4) is 11.3 Å². The highest BCUT2D eigenvalue weighted by molar-refractivity contribution is 6.30. The average molecular weight is 397 g/mol. The van der Waals surface area contributed by atoms with Crippen molar-refractivity contribution in [1.29, 1.82) is 0 Å². The Morgan fingerprint density at radius 2 is 1.71 bits per heavy atom. The van der Waals surface area contributed by atoms with Crippen molar-refractivity contribution in [2.45, 2.75) is 6.92 Å². The van der Waals surface area contributed by atoms with Crippen LogP contribution in [0, 0.1) is 0 Å². The van der Waals surface area contributed by atoms with E-state index in [1.54, 1.807) is 67.6 Å². The number of amides is 1. The number of benzene rings is 2. The van der Waals surface area contributed by atoms with Crippen molar-refractivity contribution in [3.05, 3.63) is 82.6 Å². The highest BCUT2D eigenvalue weighted by atomic mass is 35.5. The van der Waals surface area contributed by atoms with Gasteiger partial charge in [-0.05, 0) is 55.5 Å². The lowest BCUT2D eigenvalue weighted by atomic mass is 10.1. The molecule has 1 heterocycles. The van der Waals surface area contributed by atoms with Crippen molar-refractivity contribution in [1.82, 2.24) is 5.43 Å².